The maximum Gasteiger partial charge on any atom is 0.253 e. The van der Waals surface area contributed by atoms with Crippen LogP contribution in [0.25, 0.3) is 0 Å². The number of methoxy groups -OCH3 is 1. The van der Waals surface area contributed by atoms with Crippen LogP contribution in [0, 0.1) is 5.82 Å². The number of rotatable bonds is 5. The molecule has 2 amide bonds. The van der Waals surface area contributed by atoms with Crippen molar-refractivity contribution in [3.05, 3.63) is 90.2 Å². The molecule has 0 N–H and O–H groups in total. The van der Waals surface area contributed by atoms with Gasteiger partial charge in [0.2, 0.25) is 5.91 Å². The van der Waals surface area contributed by atoms with Crippen molar-refractivity contribution < 1.29 is 18.7 Å². The molecule has 6 nitrogen and oxygen atoms in total. The first-order valence-corrected chi connectivity index (χ1v) is 11.4. The fourth-order valence-electron chi connectivity index (χ4n) is 4.12. The number of benzene rings is 3. The summed E-state index contributed by atoms with van der Waals surface area (Å²) in [7, 11) is 1.58. The summed E-state index contributed by atoms with van der Waals surface area (Å²) in [6, 6.07) is 21.7. The van der Waals surface area contributed by atoms with Crippen molar-refractivity contribution in [1.29, 1.82) is 0 Å². The normalized spacial score (nSPS) is 21.5. The molecule has 2 heterocycles. The van der Waals surface area contributed by atoms with Crippen molar-refractivity contribution in [2.45, 2.75) is 12.1 Å². The number of halogens is 1. The van der Waals surface area contributed by atoms with Gasteiger partial charge in [0.1, 0.15) is 23.3 Å². The summed E-state index contributed by atoms with van der Waals surface area (Å²) in [6.45, 7) is 0. The molecule has 166 valence electrons. The lowest BCUT2D eigenvalue weighted by Gasteiger charge is -2.50. The molecular weight excluding hydrogens is 441 g/mol. The largest absolute Gasteiger partial charge is 0.497 e. The van der Waals surface area contributed by atoms with Crippen LogP contribution in [-0.4, -0.2) is 40.8 Å². The second-order valence-corrected chi connectivity index (χ2v) is 8.55. The highest BCUT2D eigenvalue weighted by molar-refractivity contribution is 8.15. The molecule has 0 unspecified atom stereocenters. The predicted octanol–water partition coefficient (Wildman–Crippen LogP) is 4.55. The van der Waals surface area contributed by atoms with Gasteiger partial charge < -0.3 is 9.64 Å². The Kier molecular flexibility index (Phi) is 5.60. The minimum Gasteiger partial charge on any atom is -0.497 e. The summed E-state index contributed by atoms with van der Waals surface area (Å²) in [5.74, 6) is -0.0784. The second-order valence-electron chi connectivity index (χ2n) is 7.60. The zero-order valence-electron chi connectivity index (χ0n) is 17.7. The molecule has 0 aromatic heterocycles. The van der Waals surface area contributed by atoms with E-state index in [-0.39, 0.29) is 23.3 Å². The van der Waals surface area contributed by atoms with Gasteiger partial charge in [-0.15, -0.1) is 0 Å². The molecule has 0 radical (unpaired) electrons. The Balaban J connectivity index is 1.55. The van der Waals surface area contributed by atoms with Gasteiger partial charge >= 0.3 is 0 Å². The summed E-state index contributed by atoms with van der Waals surface area (Å²) in [6.07, 6.45) is 0. The number of nitrogens with zero attached hydrogens (tertiary/aromatic N) is 3. The average molecular weight is 462 g/mol. The Labute approximate surface area is 194 Å². The SMILES string of the molecule is COc1ccc(N2C(=O)[C@H](N3C(=O)CSC3=Nc3ccccc3F)[C@H]2c2ccccc2)cc1. The number of ether oxygens (including phenoxy) is 1. The quantitative estimate of drug-likeness (QED) is 0.523. The van der Waals surface area contributed by atoms with Gasteiger partial charge in [0.15, 0.2) is 5.17 Å². The first-order chi connectivity index (χ1) is 16.1. The van der Waals surface area contributed by atoms with E-state index in [1.54, 1.807) is 42.3 Å². The summed E-state index contributed by atoms with van der Waals surface area (Å²) in [5, 5.41) is 0.332. The zero-order valence-corrected chi connectivity index (χ0v) is 18.5. The number of carbonyl (C=O) groups is 2. The third-order valence-corrected chi connectivity index (χ3v) is 6.64. The van der Waals surface area contributed by atoms with Gasteiger partial charge in [0.25, 0.3) is 5.91 Å². The monoisotopic (exact) mass is 461 g/mol. The Morgan fingerprint density at radius 2 is 1.61 bits per heavy atom. The van der Waals surface area contributed by atoms with Crippen molar-refractivity contribution in [2.24, 2.45) is 4.99 Å². The summed E-state index contributed by atoms with van der Waals surface area (Å²) in [5.41, 5.74) is 1.74. The van der Waals surface area contributed by atoms with E-state index < -0.39 is 17.9 Å². The van der Waals surface area contributed by atoms with E-state index in [1.807, 2.05) is 42.5 Å². The molecule has 2 fully saturated rings. The first kappa shape index (κ1) is 21.2. The molecule has 3 aromatic carbocycles. The molecule has 2 saturated heterocycles. The van der Waals surface area contributed by atoms with Crippen LogP contribution in [0.1, 0.15) is 11.6 Å². The molecular formula is C25H20FN3O3S. The van der Waals surface area contributed by atoms with Crippen LogP contribution in [-0.2, 0) is 9.59 Å². The number of thioether (sulfide) groups is 1. The highest BCUT2D eigenvalue weighted by atomic mass is 32.2. The van der Waals surface area contributed by atoms with Crippen LogP contribution in [0.2, 0.25) is 0 Å². The second kappa shape index (κ2) is 8.71. The van der Waals surface area contributed by atoms with Crippen LogP contribution in [0.5, 0.6) is 5.75 Å². The highest BCUT2D eigenvalue weighted by Crippen LogP contribution is 2.44. The number of hydrogen-bond acceptors (Lipinski definition) is 5. The fourth-order valence-corrected chi connectivity index (χ4v) is 5.02. The first-order valence-electron chi connectivity index (χ1n) is 10.4. The van der Waals surface area contributed by atoms with Gasteiger partial charge in [-0.3, -0.25) is 14.5 Å². The molecule has 8 heteroatoms. The molecule has 33 heavy (non-hydrogen) atoms. The molecule has 2 aliphatic rings. The van der Waals surface area contributed by atoms with E-state index in [0.717, 1.165) is 5.56 Å². The fraction of sp³-hybridized carbons (Fsp3) is 0.160. The molecule has 0 bridgehead atoms. The third-order valence-electron chi connectivity index (χ3n) is 5.71. The van der Waals surface area contributed by atoms with Gasteiger partial charge in [-0.2, -0.15) is 0 Å². The smallest absolute Gasteiger partial charge is 0.253 e. The minimum absolute atomic E-state index is 0.134. The average Bonchev–Trinajstić information content (AvgIpc) is 3.19. The van der Waals surface area contributed by atoms with E-state index >= 15 is 0 Å². The van der Waals surface area contributed by atoms with Crippen LogP contribution < -0.4 is 9.64 Å². The van der Waals surface area contributed by atoms with E-state index in [4.69, 9.17) is 4.74 Å². The van der Waals surface area contributed by atoms with Crippen molar-refractivity contribution in [3.8, 4) is 5.75 Å². The number of anilines is 1. The van der Waals surface area contributed by atoms with Gasteiger partial charge in [-0.05, 0) is 42.0 Å². The van der Waals surface area contributed by atoms with Gasteiger partial charge in [-0.1, -0.05) is 54.2 Å². The highest BCUT2D eigenvalue weighted by Gasteiger charge is 2.55. The lowest BCUT2D eigenvalue weighted by atomic mass is 9.86. The van der Waals surface area contributed by atoms with Gasteiger partial charge in [-0.25, -0.2) is 9.38 Å². The van der Waals surface area contributed by atoms with Gasteiger partial charge in [0, 0.05) is 5.69 Å². The van der Waals surface area contributed by atoms with Crippen LogP contribution in [0.4, 0.5) is 15.8 Å². The van der Waals surface area contributed by atoms with Crippen molar-refractivity contribution in [3.63, 3.8) is 0 Å². The predicted molar refractivity (Wildman–Crippen MR) is 126 cm³/mol. The topological polar surface area (TPSA) is 62.2 Å². The van der Waals surface area contributed by atoms with Crippen molar-refractivity contribution in [1.82, 2.24) is 4.90 Å². The maximum absolute atomic E-state index is 14.2. The summed E-state index contributed by atoms with van der Waals surface area (Å²) >= 11 is 1.21. The van der Waals surface area contributed by atoms with E-state index in [2.05, 4.69) is 4.99 Å². The standard InChI is InChI=1S/C25H20FN3O3S/c1-32-18-13-11-17(12-14-18)28-22(16-7-3-2-4-8-16)23(24(28)31)29-21(30)15-33-25(29)27-20-10-6-5-9-19(20)26/h2-14,22-23H,15H2,1H3/t22-,23-/m1/s1. The number of amides is 2. The lowest BCUT2D eigenvalue weighted by Crippen LogP contribution is -2.67. The maximum atomic E-state index is 14.2. The van der Waals surface area contributed by atoms with Gasteiger partial charge in [0.05, 0.1) is 18.9 Å². The molecule has 0 saturated carbocycles. The molecule has 5 rings (SSSR count). The molecule has 2 atom stereocenters. The van der Waals surface area contributed by atoms with Crippen LogP contribution >= 0.6 is 11.8 Å². The number of para-hydroxylation sites is 1. The Morgan fingerprint density at radius 1 is 0.909 bits per heavy atom. The molecule has 0 aliphatic carbocycles. The van der Waals surface area contributed by atoms with E-state index in [9.17, 15) is 14.0 Å². The number of hydrogen-bond donors (Lipinski definition) is 0. The number of amidine groups is 1. The minimum atomic E-state index is -0.762. The summed E-state index contributed by atoms with van der Waals surface area (Å²) in [4.78, 5) is 33.8. The van der Waals surface area contributed by atoms with E-state index in [0.29, 0.717) is 16.6 Å². The molecule has 3 aromatic rings. The molecule has 0 spiro atoms. The van der Waals surface area contributed by atoms with Crippen LogP contribution in [0.3, 0.4) is 0 Å². The third kappa shape index (κ3) is 3.76. The Hall–Kier alpha value is -3.65. The van der Waals surface area contributed by atoms with Crippen molar-refractivity contribution in [2.75, 3.05) is 17.8 Å². The molecule has 2 aliphatic heterocycles. The van der Waals surface area contributed by atoms with Crippen molar-refractivity contribution >= 4 is 40.1 Å². The lowest BCUT2D eigenvalue weighted by molar-refractivity contribution is -0.138. The zero-order chi connectivity index (χ0) is 22.9. The number of β-lactam (4-membered cyclic amide) rings is 1. The van der Waals surface area contributed by atoms with E-state index in [1.165, 1.54) is 22.7 Å². The van der Waals surface area contributed by atoms with Crippen LogP contribution in [0.15, 0.2) is 83.9 Å². The Morgan fingerprint density at radius 3 is 2.30 bits per heavy atom. The Bertz CT molecular complexity index is 1230. The number of carbonyl (C=O) groups excluding carboxylic acids is 2. The summed E-state index contributed by atoms with van der Waals surface area (Å²) < 4.78 is 19.5. The number of aliphatic imine (C=N–C) groups is 1.